The van der Waals surface area contributed by atoms with E-state index in [1.807, 2.05) is 26.8 Å². The summed E-state index contributed by atoms with van der Waals surface area (Å²) >= 11 is 0. The van der Waals surface area contributed by atoms with E-state index in [1.165, 1.54) is 6.07 Å². The van der Waals surface area contributed by atoms with Crippen LogP contribution in [-0.2, 0) is 4.74 Å². The molecule has 1 heterocycles. The summed E-state index contributed by atoms with van der Waals surface area (Å²) in [7, 11) is 0. The van der Waals surface area contributed by atoms with Crippen molar-refractivity contribution >= 4 is 28.5 Å². The summed E-state index contributed by atoms with van der Waals surface area (Å²) in [4.78, 5) is 37.1. The molecule has 1 amide bonds. The van der Waals surface area contributed by atoms with Crippen molar-refractivity contribution in [1.82, 2.24) is 0 Å². The lowest BCUT2D eigenvalue weighted by Gasteiger charge is -2.09. The van der Waals surface area contributed by atoms with Crippen molar-refractivity contribution in [2.45, 2.75) is 20.8 Å². The Kier molecular flexibility index (Phi) is 6.59. The molecule has 1 aromatic heterocycles. The number of benzene rings is 3. The Labute approximate surface area is 197 Å². The first-order chi connectivity index (χ1) is 16.3. The molecule has 0 aliphatic carbocycles. The molecule has 0 aliphatic rings. The first kappa shape index (κ1) is 23.0. The first-order valence-corrected chi connectivity index (χ1v) is 11.0. The van der Waals surface area contributed by atoms with Crippen molar-refractivity contribution < 1.29 is 18.7 Å². The van der Waals surface area contributed by atoms with E-state index >= 15 is 0 Å². The molecule has 0 fully saturated rings. The van der Waals surface area contributed by atoms with Crippen molar-refractivity contribution in [3.63, 3.8) is 0 Å². The Morgan fingerprint density at radius 1 is 0.912 bits per heavy atom. The van der Waals surface area contributed by atoms with Gasteiger partial charge in [-0.2, -0.15) is 0 Å². The fraction of sp³-hybridized carbons (Fsp3) is 0.179. The first-order valence-electron chi connectivity index (χ1n) is 11.0. The summed E-state index contributed by atoms with van der Waals surface area (Å²) in [5, 5.41) is 3.35. The molecule has 6 nitrogen and oxygen atoms in total. The second kappa shape index (κ2) is 9.75. The lowest BCUT2D eigenvalue weighted by atomic mass is 10.1. The SMILES string of the molecule is Cc1ccc2oc(-c3ccc(C(=O)Nc4ccc(C(=O)OCC(C)C)cc4)cc3)cc(=O)c2c1. The van der Waals surface area contributed by atoms with Gasteiger partial charge in [0.25, 0.3) is 5.91 Å². The van der Waals surface area contributed by atoms with E-state index in [-0.39, 0.29) is 17.3 Å². The lowest BCUT2D eigenvalue weighted by Crippen LogP contribution is -2.13. The van der Waals surface area contributed by atoms with Gasteiger partial charge in [0.05, 0.1) is 17.6 Å². The summed E-state index contributed by atoms with van der Waals surface area (Å²) in [5.74, 6) is 0.0125. The largest absolute Gasteiger partial charge is 0.462 e. The Balaban J connectivity index is 1.45. The Morgan fingerprint density at radius 2 is 1.59 bits per heavy atom. The van der Waals surface area contributed by atoms with E-state index in [9.17, 15) is 14.4 Å². The highest BCUT2D eigenvalue weighted by atomic mass is 16.5. The minimum absolute atomic E-state index is 0.113. The molecule has 0 bridgehead atoms. The molecule has 0 aliphatic heterocycles. The summed E-state index contributed by atoms with van der Waals surface area (Å²) in [6.45, 7) is 6.22. The smallest absolute Gasteiger partial charge is 0.338 e. The molecule has 4 aromatic rings. The molecule has 0 atom stereocenters. The molecule has 0 radical (unpaired) electrons. The van der Waals surface area contributed by atoms with Crippen LogP contribution in [0.2, 0.25) is 0 Å². The molecule has 1 N–H and O–H groups in total. The van der Waals surface area contributed by atoms with Gasteiger partial charge >= 0.3 is 5.97 Å². The summed E-state index contributed by atoms with van der Waals surface area (Å²) in [6, 6.07) is 20.3. The molecular weight excluding hydrogens is 430 g/mol. The van der Waals surface area contributed by atoms with Crippen molar-refractivity contribution in [1.29, 1.82) is 0 Å². The number of carbonyl (C=O) groups is 2. The molecule has 0 saturated heterocycles. The van der Waals surface area contributed by atoms with Gasteiger partial charge in [-0.25, -0.2) is 4.79 Å². The van der Waals surface area contributed by atoms with Gasteiger partial charge in [-0.3, -0.25) is 9.59 Å². The highest BCUT2D eigenvalue weighted by Crippen LogP contribution is 2.23. The number of carbonyl (C=O) groups excluding carboxylic acids is 2. The number of aryl methyl sites for hydroxylation is 1. The van der Waals surface area contributed by atoms with Crippen molar-refractivity contribution in [3.05, 3.63) is 99.7 Å². The van der Waals surface area contributed by atoms with E-state index < -0.39 is 5.97 Å². The van der Waals surface area contributed by atoms with Crippen LogP contribution in [0.1, 0.15) is 40.1 Å². The van der Waals surface area contributed by atoms with Crippen LogP contribution in [0.3, 0.4) is 0 Å². The van der Waals surface area contributed by atoms with Crippen LogP contribution in [0.5, 0.6) is 0 Å². The van der Waals surface area contributed by atoms with Crippen LogP contribution in [0, 0.1) is 12.8 Å². The van der Waals surface area contributed by atoms with E-state index in [0.29, 0.717) is 45.7 Å². The maximum Gasteiger partial charge on any atom is 0.338 e. The van der Waals surface area contributed by atoms with Gasteiger partial charge in [0.15, 0.2) is 5.43 Å². The third-order valence-electron chi connectivity index (χ3n) is 5.24. The Morgan fingerprint density at radius 3 is 2.26 bits per heavy atom. The number of ether oxygens (including phenoxy) is 1. The Hall–Kier alpha value is -4.19. The molecule has 0 spiro atoms. The Bertz CT molecular complexity index is 1400. The molecule has 3 aromatic carbocycles. The average Bonchev–Trinajstić information content (AvgIpc) is 2.83. The number of hydrogen-bond donors (Lipinski definition) is 1. The second-order valence-electron chi connectivity index (χ2n) is 8.58. The number of nitrogens with one attached hydrogen (secondary N) is 1. The number of rotatable bonds is 6. The number of fused-ring (bicyclic) bond motifs is 1. The van der Waals surface area contributed by atoms with Crippen LogP contribution in [0.15, 0.2) is 82.0 Å². The average molecular weight is 456 g/mol. The lowest BCUT2D eigenvalue weighted by molar-refractivity contribution is 0.0459. The van der Waals surface area contributed by atoms with E-state index in [2.05, 4.69) is 5.32 Å². The zero-order valence-corrected chi connectivity index (χ0v) is 19.3. The third kappa shape index (κ3) is 5.23. The zero-order chi connectivity index (χ0) is 24.2. The number of amides is 1. The number of anilines is 1. The quantitative estimate of drug-likeness (QED) is 0.370. The fourth-order valence-corrected chi connectivity index (χ4v) is 3.42. The third-order valence-corrected chi connectivity index (χ3v) is 5.24. The maximum atomic E-state index is 12.6. The van der Waals surface area contributed by atoms with Crippen LogP contribution in [0.4, 0.5) is 5.69 Å². The molecule has 34 heavy (non-hydrogen) atoms. The summed E-state index contributed by atoms with van der Waals surface area (Å²) < 4.78 is 11.1. The standard InChI is InChI=1S/C28H25NO5/c1-17(2)16-33-28(32)21-9-11-22(12-10-21)29-27(31)20-7-5-19(6-8-20)26-15-24(30)23-14-18(3)4-13-25(23)34-26/h4-15,17H,16H2,1-3H3,(H,29,31). The highest BCUT2D eigenvalue weighted by Gasteiger charge is 2.12. The van der Waals surface area contributed by atoms with Gasteiger partial charge in [0.2, 0.25) is 0 Å². The molecule has 0 saturated carbocycles. The molecule has 4 rings (SSSR count). The number of esters is 1. The van der Waals surface area contributed by atoms with Crippen molar-refractivity contribution in [2.75, 3.05) is 11.9 Å². The van der Waals surface area contributed by atoms with Gasteiger partial charge in [-0.1, -0.05) is 37.6 Å². The van der Waals surface area contributed by atoms with Gasteiger partial charge in [-0.15, -0.1) is 0 Å². The minimum atomic E-state index is -0.391. The molecule has 0 unspecified atom stereocenters. The van der Waals surface area contributed by atoms with Gasteiger partial charge in [0.1, 0.15) is 11.3 Å². The second-order valence-corrected chi connectivity index (χ2v) is 8.58. The van der Waals surface area contributed by atoms with Crippen LogP contribution in [0.25, 0.3) is 22.3 Å². The van der Waals surface area contributed by atoms with Gasteiger partial charge < -0.3 is 14.5 Å². The van der Waals surface area contributed by atoms with Crippen LogP contribution >= 0.6 is 0 Å². The topological polar surface area (TPSA) is 85.6 Å². The predicted molar refractivity (Wildman–Crippen MR) is 132 cm³/mol. The van der Waals surface area contributed by atoms with E-state index in [1.54, 1.807) is 60.7 Å². The monoisotopic (exact) mass is 455 g/mol. The predicted octanol–water partition coefficient (Wildman–Crippen LogP) is 5.83. The van der Waals surface area contributed by atoms with Crippen molar-refractivity contribution in [3.8, 4) is 11.3 Å². The van der Waals surface area contributed by atoms with Gasteiger partial charge in [0, 0.05) is 22.9 Å². The zero-order valence-electron chi connectivity index (χ0n) is 19.3. The van der Waals surface area contributed by atoms with Crippen LogP contribution in [-0.4, -0.2) is 18.5 Å². The highest BCUT2D eigenvalue weighted by molar-refractivity contribution is 6.04. The van der Waals surface area contributed by atoms with Crippen LogP contribution < -0.4 is 10.7 Å². The molecular formula is C28H25NO5. The summed E-state index contributed by atoms with van der Waals surface area (Å²) in [5.41, 5.74) is 3.53. The molecule has 172 valence electrons. The maximum absolute atomic E-state index is 12.6. The van der Waals surface area contributed by atoms with E-state index in [4.69, 9.17) is 9.15 Å². The molecule has 6 heteroatoms. The normalized spacial score (nSPS) is 10.9. The summed E-state index contributed by atoms with van der Waals surface area (Å²) in [6.07, 6.45) is 0. The fourth-order valence-electron chi connectivity index (χ4n) is 3.42. The van der Waals surface area contributed by atoms with Gasteiger partial charge in [-0.05, 0) is 61.4 Å². The minimum Gasteiger partial charge on any atom is -0.462 e. The van der Waals surface area contributed by atoms with Crippen molar-refractivity contribution in [2.24, 2.45) is 5.92 Å². The van der Waals surface area contributed by atoms with E-state index in [0.717, 1.165) is 5.56 Å². The number of hydrogen-bond acceptors (Lipinski definition) is 5.